The molecule has 0 aromatic heterocycles. The van der Waals surface area contributed by atoms with Crippen LogP contribution in [0.3, 0.4) is 0 Å². The zero-order valence-corrected chi connectivity index (χ0v) is 12.5. The van der Waals surface area contributed by atoms with Crippen molar-refractivity contribution in [3.63, 3.8) is 0 Å². The van der Waals surface area contributed by atoms with Gasteiger partial charge in [-0.05, 0) is 31.0 Å². The standard InChI is InChI=1S/C15H18FNO3S/c16-14-7-8-15(13(12-14)6-5-11-18)21(19,20)17-9-3-1-2-4-10-17/h7-8,12,18H,1-4,9-11H2. The van der Waals surface area contributed by atoms with Crippen LogP contribution in [0.2, 0.25) is 0 Å². The van der Waals surface area contributed by atoms with Crippen LogP contribution < -0.4 is 0 Å². The number of aliphatic hydroxyl groups excluding tert-OH is 1. The second-order valence-electron chi connectivity index (χ2n) is 4.92. The SMILES string of the molecule is O=S(=O)(c1ccc(F)cc1C#CCO)N1CCCCCC1. The lowest BCUT2D eigenvalue weighted by Gasteiger charge is -2.20. The first-order valence-corrected chi connectivity index (χ1v) is 8.39. The van der Waals surface area contributed by atoms with E-state index in [0.29, 0.717) is 13.1 Å². The Morgan fingerprint density at radius 2 is 1.86 bits per heavy atom. The molecule has 21 heavy (non-hydrogen) atoms. The maximum absolute atomic E-state index is 13.3. The molecule has 1 heterocycles. The van der Waals surface area contributed by atoms with Crippen LogP contribution in [0.1, 0.15) is 31.2 Å². The smallest absolute Gasteiger partial charge is 0.244 e. The summed E-state index contributed by atoms with van der Waals surface area (Å²) < 4.78 is 40.2. The molecule has 1 aromatic rings. The molecular weight excluding hydrogens is 293 g/mol. The highest BCUT2D eigenvalue weighted by Gasteiger charge is 2.27. The third kappa shape index (κ3) is 3.82. The van der Waals surface area contributed by atoms with E-state index in [-0.39, 0.29) is 10.5 Å². The minimum absolute atomic E-state index is 0.00625. The van der Waals surface area contributed by atoms with E-state index in [0.717, 1.165) is 37.8 Å². The van der Waals surface area contributed by atoms with Gasteiger partial charge in [-0.1, -0.05) is 24.7 Å². The van der Waals surface area contributed by atoms with E-state index in [1.54, 1.807) is 0 Å². The summed E-state index contributed by atoms with van der Waals surface area (Å²) in [6.07, 6.45) is 3.70. The highest BCUT2D eigenvalue weighted by molar-refractivity contribution is 7.89. The van der Waals surface area contributed by atoms with Crippen molar-refractivity contribution in [1.82, 2.24) is 4.31 Å². The summed E-state index contributed by atoms with van der Waals surface area (Å²) in [6, 6.07) is 3.46. The number of aliphatic hydroxyl groups is 1. The summed E-state index contributed by atoms with van der Waals surface area (Å²) in [5.74, 6) is 4.35. The first-order valence-electron chi connectivity index (χ1n) is 6.95. The molecule has 1 N–H and O–H groups in total. The molecule has 2 rings (SSSR count). The molecule has 1 aliphatic heterocycles. The van der Waals surface area contributed by atoms with Gasteiger partial charge in [0.25, 0.3) is 0 Å². The van der Waals surface area contributed by atoms with E-state index < -0.39 is 22.4 Å². The van der Waals surface area contributed by atoms with Crippen LogP contribution in [-0.4, -0.2) is 37.5 Å². The topological polar surface area (TPSA) is 57.6 Å². The Morgan fingerprint density at radius 1 is 1.19 bits per heavy atom. The summed E-state index contributed by atoms with van der Waals surface area (Å²) in [6.45, 7) is 0.554. The van der Waals surface area contributed by atoms with Gasteiger partial charge in [0.1, 0.15) is 12.4 Å². The fraction of sp³-hybridized carbons (Fsp3) is 0.467. The molecule has 1 fully saturated rings. The van der Waals surface area contributed by atoms with Gasteiger partial charge in [0.05, 0.1) is 4.90 Å². The van der Waals surface area contributed by atoms with Gasteiger partial charge in [0, 0.05) is 18.7 Å². The predicted octanol–water partition coefficient (Wildman–Crippen LogP) is 1.73. The highest BCUT2D eigenvalue weighted by atomic mass is 32.2. The quantitative estimate of drug-likeness (QED) is 0.846. The summed E-state index contributed by atoms with van der Waals surface area (Å²) in [5, 5.41) is 8.75. The number of benzene rings is 1. The van der Waals surface area contributed by atoms with Crippen molar-refractivity contribution < 1.29 is 17.9 Å². The number of hydrogen-bond acceptors (Lipinski definition) is 3. The first kappa shape index (κ1) is 16.0. The maximum atomic E-state index is 13.3. The van der Waals surface area contributed by atoms with Crippen LogP contribution in [0.5, 0.6) is 0 Å². The van der Waals surface area contributed by atoms with Gasteiger partial charge in [-0.3, -0.25) is 0 Å². The Bertz CT molecular complexity index is 653. The average molecular weight is 311 g/mol. The van der Waals surface area contributed by atoms with Crippen molar-refractivity contribution in [3.8, 4) is 11.8 Å². The molecule has 0 spiro atoms. The van der Waals surface area contributed by atoms with E-state index in [1.165, 1.54) is 10.4 Å². The molecule has 0 atom stereocenters. The fourth-order valence-electron chi connectivity index (χ4n) is 2.38. The van der Waals surface area contributed by atoms with Crippen molar-refractivity contribution in [2.45, 2.75) is 30.6 Å². The Labute approximate surface area is 124 Å². The molecule has 1 aliphatic rings. The number of hydrogen-bond donors (Lipinski definition) is 1. The normalized spacial score (nSPS) is 16.9. The van der Waals surface area contributed by atoms with Crippen molar-refractivity contribution in [2.24, 2.45) is 0 Å². The molecule has 0 saturated carbocycles. The van der Waals surface area contributed by atoms with Crippen molar-refractivity contribution in [2.75, 3.05) is 19.7 Å². The summed E-state index contributed by atoms with van der Waals surface area (Å²) in [7, 11) is -3.68. The first-order chi connectivity index (χ1) is 10.1. The Balaban J connectivity index is 2.43. The van der Waals surface area contributed by atoms with Gasteiger partial charge >= 0.3 is 0 Å². The second kappa shape index (κ2) is 7.03. The molecule has 0 amide bonds. The third-order valence-electron chi connectivity index (χ3n) is 3.43. The van der Waals surface area contributed by atoms with E-state index in [2.05, 4.69) is 11.8 Å². The van der Waals surface area contributed by atoms with Gasteiger partial charge in [-0.15, -0.1) is 0 Å². The van der Waals surface area contributed by atoms with Crippen LogP contribution in [0.15, 0.2) is 23.1 Å². The van der Waals surface area contributed by atoms with Crippen LogP contribution in [0, 0.1) is 17.7 Å². The fourth-order valence-corrected chi connectivity index (χ4v) is 4.03. The molecule has 1 aromatic carbocycles. The summed E-state index contributed by atoms with van der Waals surface area (Å²) in [5.41, 5.74) is 0.0910. The molecule has 6 heteroatoms. The molecule has 0 aliphatic carbocycles. The average Bonchev–Trinajstić information content (AvgIpc) is 2.74. The van der Waals surface area contributed by atoms with E-state index >= 15 is 0 Å². The molecule has 0 unspecified atom stereocenters. The molecule has 1 saturated heterocycles. The summed E-state index contributed by atoms with van der Waals surface area (Å²) >= 11 is 0. The van der Waals surface area contributed by atoms with Crippen LogP contribution in [0.25, 0.3) is 0 Å². The Hall–Kier alpha value is -1.42. The summed E-state index contributed by atoms with van der Waals surface area (Å²) in [4.78, 5) is 0.00625. The van der Waals surface area contributed by atoms with E-state index in [9.17, 15) is 12.8 Å². The van der Waals surface area contributed by atoms with Crippen molar-refractivity contribution in [3.05, 3.63) is 29.6 Å². The Kier molecular flexibility index (Phi) is 5.34. The van der Waals surface area contributed by atoms with Crippen LogP contribution in [0.4, 0.5) is 4.39 Å². The molecule has 4 nitrogen and oxygen atoms in total. The van der Waals surface area contributed by atoms with Crippen LogP contribution in [-0.2, 0) is 10.0 Å². The van der Waals surface area contributed by atoms with Gasteiger partial charge in [-0.25, -0.2) is 12.8 Å². The van der Waals surface area contributed by atoms with Gasteiger partial charge in [0.15, 0.2) is 0 Å². The zero-order chi connectivity index (χ0) is 15.3. The predicted molar refractivity (Wildman–Crippen MR) is 77.6 cm³/mol. The molecular formula is C15H18FNO3S. The van der Waals surface area contributed by atoms with E-state index in [4.69, 9.17) is 5.11 Å². The second-order valence-corrected chi connectivity index (χ2v) is 6.83. The van der Waals surface area contributed by atoms with Crippen molar-refractivity contribution >= 4 is 10.0 Å². The molecule has 0 bridgehead atoms. The lowest BCUT2D eigenvalue weighted by molar-refractivity contribution is 0.350. The molecule has 114 valence electrons. The number of rotatable bonds is 2. The van der Waals surface area contributed by atoms with Crippen LogP contribution >= 0.6 is 0 Å². The number of sulfonamides is 1. The zero-order valence-electron chi connectivity index (χ0n) is 11.7. The maximum Gasteiger partial charge on any atom is 0.244 e. The third-order valence-corrected chi connectivity index (χ3v) is 5.38. The number of nitrogens with zero attached hydrogens (tertiary/aromatic N) is 1. The van der Waals surface area contributed by atoms with Gasteiger partial charge < -0.3 is 5.11 Å². The lowest BCUT2D eigenvalue weighted by Crippen LogP contribution is -2.32. The molecule has 0 radical (unpaired) electrons. The Morgan fingerprint density at radius 3 is 2.48 bits per heavy atom. The van der Waals surface area contributed by atoms with Crippen molar-refractivity contribution in [1.29, 1.82) is 0 Å². The van der Waals surface area contributed by atoms with Gasteiger partial charge in [0.2, 0.25) is 10.0 Å². The highest BCUT2D eigenvalue weighted by Crippen LogP contribution is 2.23. The minimum atomic E-state index is -3.68. The minimum Gasteiger partial charge on any atom is -0.384 e. The monoisotopic (exact) mass is 311 g/mol. The lowest BCUT2D eigenvalue weighted by atomic mass is 10.2. The van der Waals surface area contributed by atoms with Gasteiger partial charge in [-0.2, -0.15) is 4.31 Å². The largest absolute Gasteiger partial charge is 0.384 e. The number of halogens is 1. The van der Waals surface area contributed by atoms with E-state index in [1.807, 2.05) is 0 Å².